The minimum Gasteiger partial charge on any atom is -0.397 e. The molecular weight excluding hydrogens is 206 g/mol. The third-order valence-corrected chi connectivity index (χ3v) is 2.44. The van der Waals surface area contributed by atoms with Crippen LogP contribution < -0.4 is 0 Å². The fraction of sp³-hybridized carbons (Fsp3) is 0.917. The first-order valence-electron chi connectivity index (χ1n) is 6.13. The third kappa shape index (κ3) is 6.08. The second-order valence-electron chi connectivity index (χ2n) is 3.90. The number of aliphatic hydroxyl groups excluding tert-OH is 1. The number of ether oxygens (including phenoxy) is 1. The van der Waals surface area contributed by atoms with Gasteiger partial charge in [0.2, 0.25) is 5.91 Å². The summed E-state index contributed by atoms with van der Waals surface area (Å²) < 4.78 is 5.45. The molecule has 1 aliphatic rings. The largest absolute Gasteiger partial charge is 0.397 e. The second kappa shape index (κ2) is 9.60. The minimum atomic E-state index is 0.183. The van der Waals surface area contributed by atoms with Crippen LogP contribution in [0.5, 0.6) is 0 Å². The van der Waals surface area contributed by atoms with Crippen LogP contribution in [0.1, 0.15) is 40.0 Å². The van der Waals surface area contributed by atoms with Crippen molar-refractivity contribution in [2.45, 2.75) is 46.1 Å². The van der Waals surface area contributed by atoms with E-state index in [9.17, 15) is 4.79 Å². The summed E-state index contributed by atoms with van der Waals surface area (Å²) in [6, 6.07) is 0.337. The molecule has 1 amide bonds. The van der Waals surface area contributed by atoms with Crippen LogP contribution in [-0.2, 0) is 9.53 Å². The smallest absolute Gasteiger partial charge is 0.219 e. The minimum absolute atomic E-state index is 0.183. The van der Waals surface area contributed by atoms with Gasteiger partial charge in [-0.1, -0.05) is 6.92 Å². The van der Waals surface area contributed by atoms with E-state index < -0.39 is 0 Å². The van der Waals surface area contributed by atoms with E-state index in [1.165, 1.54) is 0 Å². The van der Waals surface area contributed by atoms with Crippen LogP contribution in [0.25, 0.3) is 0 Å². The first-order chi connectivity index (χ1) is 7.67. The van der Waals surface area contributed by atoms with Gasteiger partial charge in [-0.3, -0.25) is 4.79 Å². The van der Waals surface area contributed by atoms with Crippen molar-refractivity contribution in [3.63, 3.8) is 0 Å². The first kappa shape index (κ1) is 15.4. The SMILES string of the molecule is CCCOC[C@@H]1CCCN1C(C)=O.CCO. The highest BCUT2D eigenvalue weighted by Crippen LogP contribution is 2.17. The van der Waals surface area contributed by atoms with E-state index in [1.807, 2.05) is 4.90 Å². The zero-order valence-electron chi connectivity index (χ0n) is 10.7. The molecule has 16 heavy (non-hydrogen) atoms. The van der Waals surface area contributed by atoms with Gasteiger partial charge in [-0.2, -0.15) is 0 Å². The van der Waals surface area contributed by atoms with Gasteiger partial charge in [0.25, 0.3) is 0 Å². The fourth-order valence-corrected chi connectivity index (χ4v) is 1.79. The summed E-state index contributed by atoms with van der Waals surface area (Å²) in [4.78, 5) is 13.1. The highest BCUT2D eigenvalue weighted by Gasteiger charge is 2.26. The molecule has 96 valence electrons. The number of hydrogen-bond acceptors (Lipinski definition) is 3. The lowest BCUT2D eigenvalue weighted by atomic mass is 10.2. The van der Waals surface area contributed by atoms with Crippen LogP contribution in [0, 0.1) is 0 Å². The Morgan fingerprint density at radius 3 is 2.62 bits per heavy atom. The van der Waals surface area contributed by atoms with Crippen LogP contribution >= 0.6 is 0 Å². The fourth-order valence-electron chi connectivity index (χ4n) is 1.79. The zero-order chi connectivity index (χ0) is 12.4. The predicted octanol–water partition coefficient (Wildman–Crippen LogP) is 1.42. The van der Waals surface area contributed by atoms with Crippen molar-refractivity contribution in [2.75, 3.05) is 26.4 Å². The highest BCUT2D eigenvalue weighted by molar-refractivity contribution is 5.73. The number of hydrogen-bond donors (Lipinski definition) is 1. The van der Waals surface area contributed by atoms with Gasteiger partial charge in [0.05, 0.1) is 12.6 Å². The number of amides is 1. The Hall–Kier alpha value is -0.610. The van der Waals surface area contributed by atoms with Crippen LogP contribution in [0.3, 0.4) is 0 Å². The predicted molar refractivity (Wildman–Crippen MR) is 64.3 cm³/mol. The van der Waals surface area contributed by atoms with E-state index in [0.29, 0.717) is 12.6 Å². The summed E-state index contributed by atoms with van der Waals surface area (Å²) in [5.74, 6) is 0.183. The normalized spacial score (nSPS) is 19.2. The number of likely N-dealkylation sites (tertiary alicyclic amines) is 1. The molecule has 0 aromatic rings. The molecule has 0 aliphatic carbocycles. The molecule has 1 fully saturated rings. The Balaban J connectivity index is 0.000000673. The van der Waals surface area contributed by atoms with E-state index in [4.69, 9.17) is 9.84 Å². The molecule has 1 heterocycles. The summed E-state index contributed by atoms with van der Waals surface area (Å²) in [6.45, 7) is 8.10. The molecular formula is C12H25NO3. The number of rotatable bonds is 4. The summed E-state index contributed by atoms with van der Waals surface area (Å²) in [6.07, 6.45) is 3.27. The highest BCUT2D eigenvalue weighted by atomic mass is 16.5. The van der Waals surface area contributed by atoms with Gasteiger partial charge in [0.15, 0.2) is 0 Å². The molecule has 1 rings (SSSR count). The molecule has 1 N–H and O–H groups in total. The summed E-state index contributed by atoms with van der Waals surface area (Å²) in [7, 11) is 0. The summed E-state index contributed by atoms with van der Waals surface area (Å²) in [5, 5.41) is 7.57. The Labute approximate surface area is 98.6 Å². The van der Waals surface area contributed by atoms with Gasteiger partial charge in [-0.25, -0.2) is 0 Å². The Kier molecular flexibility index (Phi) is 9.24. The number of carbonyl (C=O) groups is 1. The van der Waals surface area contributed by atoms with E-state index in [0.717, 1.165) is 32.4 Å². The standard InChI is InChI=1S/C10H19NO2.C2H6O/c1-3-7-13-8-10-5-4-6-11(10)9(2)12;1-2-3/h10H,3-8H2,1-2H3;3H,2H2,1H3/t10-;/m0./s1. The van der Waals surface area contributed by atoms with E-state index in [-0.39, 0.29) is 12.5 Å². The van der Waals surface area contributed by atoms with Gasteiger partial charge in [-0.15, -0.1) is 0 Å². The van der Waals surface area contributed by atoms with Crippen LogP contribution in [0.15, 0.2) is 0 Å². The summed E-state index contributed by atoms with van der Waals surface area (Å²) in [5.41, 5.74) is 0. The van der Waals surface area contributed by atoms with E-state index in [1.54, 1.807) is 13.8 Å². The number of nitrogens with zero attached hydrogens (tertiary/aromatic N) is 1. The summed E-state index contributed by atoms with van der Waals surface area (Å²) >= 11 is 0. The molecule has 0 bridgehead atoms. The molecule has 0 unspecified atom stereocenters. The monoisotopic (exact) mass is 231 g/mol. The van der Waals surface area contributed by atoms with Gasteiger partial charge in [0.1, 0.15) is 0 Å². The van der Waals surface area contributed by atoms with Crippen molar-refractivity contribution in [1.29, 1.82) is 0 Å². The van der Waals surface area contributed by atoms with Crippen molar-refractivity contribution < 1.29 is 14.6 Å². The lowest BCUT2D eigenvalue weighted by Gasteiger charge is -2.22. The quantitative estimate of drug-likeness (QED) is 0.744. The average Bonchev–Trinajstić information content (AvgIpc) is 2.68. The number of carbonyl (C=O) groups excluding carboxylic acids is 1. The molecule has 0 aromatic heterocycles. The zero-order valence-corrected chi connectivity index (χ0v) is 10.7. The number of aliphatic hydroxyl groups is 1. The van der Waals surface area contributed by atoms with Crippen LogP contribution in [-0.4, -0.2) is 48.3 Å². The van der Waals surface area contributed by atoms with Crippen molar-refractivity contribution >= 4 is 5.91 Å². The maximum atomic E-state index is 11.2. The molecule has 1 aliphatic heterocycles. The van der Waals surface area contributed by atoms with E-state index in [2.05, 4.69) is 6.92 Å². The molecule has 1 atom stereocenters. The maximum absolute atomic E-state index is 11.2. The van der Waals surface area contributed by atoms with Crippen molar-refractivity contribution in [2.24, 2.45) is 0 Å². The molecule has 0 spiro atoms. The molecule has 0 saturated carbocycles. The van der Waals surface area contributed by atoms with Crippen LogP contribution in [0.2, 0.25) is 0 Å². The second-order valence-corrected chi connectivity index (χ2v) is 3.90. The first-order valence-corrected chi connectivity index (χ1v) is 6.13. The Bertz CT molecular complexity index is 185. The van der Waals surface area contributed by atoms with Gasteiger partial charge < -0.3 is 14.7 Å². The van der Waals surface area contributed by atoms with E-state index >= 15 is 0 Å². The van der Waals surface area contributed by atoms with Gasteiger partial charge in [0, 0.05) is 26.7 Å². The molecule has 0 aromatic carbocycles. The van der Waals surface area contributed by atoms with Crippen LogP contribution in [0.4, 0.5) is 0 Å². The molecule has 0 radical (unpaired) electrons. The molecule has 4 heteroatoms. The Morgan fingerprint density at radius 1 is 1.50 bits per heavy atom. The molecule has 1 saturated heterocycles. The van der Waals surface area contributed by atoms with Gasteiger partial charge in [-0.05, 0) is 26.2 Å². The lowest BCUT2D eigenvalue weighted by Crippen LogP contribution is -2.36. The maximum Gasteiger partial charge on any atom is 0.219 e. The molecule has 4 nitrogen and oxygen atoms in total. The topological polar surface area (TPSA) is 49.8 Å². The Morgan fingerprint density at radius 2 is 2.12 bits per heavy atom. The lowest BCUT2D eigenvalue weighted by molar-refractivity contribution is -0.130. The average molecular weight is 231 g/mol. The van der Waals surface area contributed by atoms with Gasteiger partial charge >= 0.3 is 0 Å². The van der Waals surface area contributed by atoms with Crippen molar-refractivity contribution in [3.05, 3.63) is 0 Å². The van der Waals surface area contributed by atoms with Crippen molar-refractivity contribution in [3.8, 4) is 0 Å². The third-order valence-electron chi connectivity index (χ3n) is 2.44. The van der Waals surface area contributed by atoms with Crippen molar-refractivity contribution in [1.82, 2.24) is 4.90 Å².